The van der Waals surface area contributed by atoms with Crippen LogP contribution in [0.15, 0.2) is 28.1 Å². The van der Waals surface area contributed by atoms with Crippen molar-refractivity contribution < 1.29 is 14.4 Å². The van der Waals surface area contributed by atoms with Gasteiger partial charge in [-0.2, -0.15) is 0 Å². The van der Waals surface area contributed by atoms with Crippen molar-refractivity contribution in [3.8, 4) is 11.5 Å². The van der Waals surface area contributed by atoms with E-state index in [-0.39, 0.29) is 18.5 Å². The van der Waals surface area contributed by atoms with Gasteiger partial charge in [0.05, 0.1) is 17.0 Å². The van der Waals surface area contributed by atoms with Gasteiger partial charge in [0.1, 0.15) is 5.69 Å². The molecule has 1 unspecified atom stereocenters. The Morgan fingerprint density at radius 2 is 2.10 bits per heavy atom. The number of thiophene rings is 1. The second kappa shape index (κ2) is 5.53. The Bertz CT molecular complexity index is 703. The molecule has 1 N–H and O–H groups in total. The molecule has 6 nitrogen and oxygen atoms in total. The minimum Gasteiger partial charge on any atom is -0.454 e. The number of hydrogen-bond donors (Lipinski definition) is 1. The predicted octanol–water partition coefficient (Wildman–Crippen LogP) is 4.32. The molecule has 21 heavy (non-hydrogen) atoms. The van der Waals surface area contributed by atoms with Crippen LogP contribution in [0.25, 0.3) is 0 Å². The highest BCUT2D eigenvalue weighted by Gasteiger charge is 2.24. The molecule has 1 atom stereocenters. The van der Waals surface area contributed by atoms with Crippen molar-refractivity contribution in [2.75, 3.05) is 12.1 Å². The molecule has 0 radical (unpaired) electrons. The van der Waals surface area contributed by atoms with E-state index >= 15 is 0 Å². The summed E-state index contributed by atoms with van der Waals surface area (Å²) in [5.41, 5.74) is 0.392. The van der Waals surface area contributed by atoms with Gasteiger partial charge < -0.3 is 14.8 Å². The summed E-state index contributed by atoms with van der Waals surface area (Å²) in [7, 11) is 0. The average Bonchev–Trinajstić information content (AvgIpc) is 3.05. The number of nitro benzene ring substituents is 1. The van der Waals surface area contributed by atoms with E-state index in [1.54, 1.807) is 17.4 Å². The van der Waals surface area contributed by atoms with Gasteiger partial charge in [-0.3, -0.25) is 10.1 Å². The molecular formula is C13H11BrN2O4S. The summed E-state index contributed by atoms with van der Waals surface area (Å²) in [4.78, 5) is 11.9. The molecule has 0 spiro atoms. The molecular weight excluding hydrogens is 360 g/mol. The zero-order chi connectivity index (χ0) is 15.0. The molecule has 3 rings (SSSR count). The standard InChI is InChI=1S/C13H11BrN2O4S/c1-7(13-2-8(14)5-21-13)15-9-3-11-12(20-6-19-11)4-10(9)16(17)18/h2-5,7,15H,6H2,1H3. The molecule has 1 aliphatic heterocycles. The monoisotopic (exact) mass is 370 g/mol. The van der Waals surface area contributed by atoms with Gasteiger partial charge in [0.15, 0.2) is 11.5 Å². The number of nitrogens with zero attached hydrogens (tertiary/aromatic N) is 1. The zero-order valence-corrected chi connectivity index (χ0v) is 13.4. The lowest BCUT2D eigenvalue weighted by Crippen LogP contribution is -2.07. The third-order valence-electron chi connectivity index (χ3n) is 3.07. The van der Waals surface area contributed by atoms with E-state index < -0.39 is 4.92 Å². The molecule has 0 amide bonds. The van der Waals surface area contributed by atoms with Gasteiger partial charge in [-0.05, 0) is 28.9 Å². The van der Waals surface area contributed by atoms with Crippen LogP contribution in [-0.4, -0.2) is 11.7 Å². The Morgan fingerprint density at radius 1 is 1.38 bits per heavy atom. The largest absolute Gasteiger partial charge is 0.454 e. The molecule has 1 aliphatic rings. The second-order valence-electron chi connectivity index (χ2n) is 4.51. The zero-order valence-electron chi connectivity index (χ0n) is 11.0. The normalized spacial score (nSPS) is 14.0. The van der Waals surface area contributed by atoms with E-state index in [0.717, 1.165) is 9.35 Å². The molecule has 0 saturated carbocycles. The van der Waals surface area contributed by atoms with Gasteiger partial charge in [-0.1, -0.05) is 0 Å². The number of hydrogen-bond acceptors (Lipinski definition) is 6. The highest BCUT2D eigenvalue weighted by molar-refractivity contribution is 9.10. The summed E-state index contributed by atoms with van der Waals surface area (Å²) < 4.78 is 11.5. The van der Waals surface area contributed by atoms with Gasteiger partial charge in [0.2, 0.25) is 6.79 Å². The number of ether oxygens (including phenoxy) is 2. The Labute approximate surface area is 133 Å². The SMILES string of the molecule is CC(Nc1cc2c(cc1[N+](=O)[O-])OCO2)c1cc(Br)cs1. The Hall–Kier alpha value is -1.80. The van der Waals surface area contributed by atoms with Crippen LogP contribution in [0.2, 0.25) is 0 Å². The fourth-order valence-electron chi connectivity index (χ4n) is 2.06. The Morgan fingerprint density at radius 3 is 2.71 bits per heavy atom. The lowest BCUT2D eigenvalue weighted by atomic mass is 10.2. The van der Waals surface area contributed by atoms with Gasteiger partial charge >= 0.3 is 0 Å². The minimum atomic E-state index is -0.429. The van der Waals surface area contributed by atoms with E-state index in [4.69, 9.17) is 9.47 Å². The van der Waals surface area contributed by atoms with E-state index in [1.165, 1.54) is 6.07 Å². The van der Waals surface area contributed by atoms with E-state index in [9.17, 15) is 10.1 Å². The van der Waals surface area contributed by atoms with Crippen LogP contribution in [0.3, 0.4) is 0 Å². The summed E-state index contributed by atoms with van der Waals surface area (Å²) in [6.45, 7) is 2.04. The smallest absolute Gasteiger partial charge is 0.296 e. The van der Waals surface area contributed by atoms with Gasteiger partial charge in [0.25, 0.3) is 5.69 Å². The second-order valence-corrected chi connectivity index (χ2v) is 6.37. The third-order valence-corrected chi connectivity index (χ3v) is 4.95. The summed E-state index contributed by atoms with van der Waals surface area (Å²) in [6, 6.07) is 4.93. The molecule has 1 aromatic carbocycles. The molecule has 2 aromatic rings. The van der Waals surface area contributed by atoms with E-state index in [1.807, 2.05) is 18.4 Å². The number of nitrogens with one attached hydrogen (secondary N) is 1. The number of nitro groups is 1. The highest BCUT2D eigenvalue weighted by Crippen LogP contribution is 2.42. The molecule has 110 valence electrons. The van der Waals surface area contributed by atoms with Gasteiger partial charge in [-0.25, -0.2) is 0 Å². The lowest BCUT2D eigenvalue weighted by Gasteiger charge is -2.14. The number of anilines is 1. The number of halogens is 1. The predicted molar refractivity (Wildman–Crippen MR) is 83.3 cm³/mol. The Balaban J connectivity index is 1.92. The van der Waals surface area contributed by atoms with Crippen LogP contribution >= 0.6 is 27.3 Å². The van der Waals surface area contributed by atoms with Crippen LogP contribution < -0.4 is 14.8 Å². The van der Waals surface area contributed by atoms with Crippen molar-refractivity contribution in [1.29, 1.82) is 0 Å². The van der Waals surface area contributed by atoms with Crippen molar-refractivity contribution in [3.63, 3.8) is 0 Å². The number of fused-ring (bicyclic) bond motifs is 1. The van der Waals surface area contributed by atoms with Crippen LogP contribution in [0.4, 0.5) is 11.4 Å². The first kappa shape index (κ1) is 14.2. The molecule has 1 aromatic heterocycles. The molecule has 2 heterocycles. The van der Waals surface area contributed by atoms with Crippen LogP contribution in [0, 0.1) is 10.1 Å². The first-order chi connectivity index (χ1) is 10.0. The molecule has 8 heteroatoms. The van der Waals surface area contributed by atoms with E-state index in [2.05, 4.69) is 21.2 Å². The van der Waals surface area contributed by atoms with Crippen LogP contribution in [-0.2, 0) is 0 Å². The molecule has 0 aliphatic carbocycles. The van der Waals surface area contributed by atoms with Crippen LogP contribution in [0.5, 0.6) is 11.5 Å². The molecule has 0 bridgehead atoms. The third kappa shape index (κ3) is 2.81. The van der Waals surface area contributed by atoms with E-state index in [0.29, 0.717) is 17.2 Å². The first-order valence-electron chi connectivity index (χ1n) is 6.13. The van der Waals surface area contributed by atoms with Crippen molar-refractivity contribution in [2.24, 2.45) is 0 Å². The quantitative estimate of drug-likeness (QED) is 0.640. The maximum absolute atomic E-state index is 11.2. The lowest BCUT2D eigenvalue weighted by molar-refractivity contribution is -0.384. The summed E-state index contributed by atoms with van der Waals surface area (Å²) in [5, 5.41) is 16.3. The van der Waals surface area contributed by atoms with Crippen molar-refractivity contribution in [3.05, 3.63) is 43.0 Å². The summed E-state index contributed by atoms with van der Waals surface area (Å²) in [6.07, 6.45) is 0. The fraction of sp³-hybridized carbons (Fsp3) is 0.231. The van der Waals surface area contributed by atoms with Crippen molar-refractivity contribution in [1.82, 2.24) is 0 Å². The number of rotatable bonds is 4. The minimum absolute atomic E-state index is 0.0262. The maximum Gasteiger partial charge on any atom is 0.296 e. The summed E-state index contributed by atoms with van der Waals surface area (Å²) in [5.74, 6) is 0.918. The van der Waals surface area contributed by atoms with Crippen molar-refractivity contribution >= 4 is 38.6 Å². The highest BCUT2D eigenvalue weighted by atomic mass is 79.9. The van der Waals surface area contributed by atoms with Gasteiger partial charge in [0, 0.05) is 20.8 Å². The molecule has 0 fully saturated rings. The average molecular weight is 371 g/mol. The summed E-state index contributed by atoms with van der Waals surface area (Å²) >= 11 is 4.98. The number of benzene rings is 1. The topological polar surface area (TPSA) is 73.6 Å². The van der Waals surface area contributed by atoms with Crippen LogP contribution in [0.1, 0.15) is 17.8 Å². The van der Waals surface area contributed by atoms with Crippen molar-refractivity contribution in [2.45, 2.75) is 13.0 Å². The first-order valence-corrected chi connectivity index (χ1v) is 7.80. The maximum atomic E-state index is 11.2. The Kier molecular flexibility index (Phi) is 3.73. The fourth-order valence-corrected chi connectivity index (χ4v) is 3.51. The van der Waals surface area contributed by atoms with Gasteiger partial charge in [-0.15, -0.1) is 11.3 Å². The molecule has 0 saturated heterocycles.